The molecule has 0 fully saturated rings. The number of pyridine rings is 1. The van der Waals surface area contributed by atoms with Crippen molar-refractivity contribution in [1.29, 1.82) is 0 Å². The Morgan fingerprint density at radius 1 is 1.31 bits per heavy atom. The molecule has 0 saturated carbocycles. The molecule has 0 radical (unpaired) electrons. The molecule has 4 heteroatoms. The second-order valence-corrected chi connectivity index (χ2v) is 3.53. The lowest BCUT2D eigenvalue weighted by Crippen LogP contribution is -1.99. The SMILES string of the molecule is Cc1cccc(F)c1Nc1cc(N)ccn1. The summed E-state index contributed by atoms with van der Waals surface area (Å²) in [6.45, 7) is 1.83. The fraction of sp³-hybridized carbons (Fsp3) is 0.0833. The van der Waals surface area contributed by atoms with E-state index < -0.39 is 0 Å². The van der Waals surface area contributed by atoms with E-state index in [1.54, 1.807) is 24.4 Å². The number of para-hydroxylation sites is 1. The third-order valence-electron chi connectivity index (χ3n) is 2.26. The summed E-state index contributed by atoms with van der Waals surface area (Å²) in [5.41, 5.74) is 7.46. The summed E-state index contributed by atoms with van der Waals surface area (Å²) in [5, 5.41) is 2.92. The first kappa shape index (κ1) is 10.4. The monoisotopic (exact) mass is 217 g/mol. The average molecular weight is 217 g/mol. The summed E-state index contributed by atoms with van der Waals surface area (Å²) in [5.74, 6) is 0.234. The highest BCUT2D eigenvalue weighted by Gasteiger charge is 2.05. The Labute approximate surface area is 93.1 Å². The highest BCUT2D eigenvalue weighted by Crippen LogP contribution is 2.23. The van der Waals surface area contributed by atoms with Crippen LogP contribution < -0.4 is 11.1 Å². The number of aromatic nitrogens is 1. The van der Waals surface area contributed by atoms with E-state index in [0.29, 0.717) is 17.2 Å². The van der Waals surface area contributed by atoms with Crippen molar-refractivity contribution in [3.8, 4) is 0 Å². The van der Waals surface area contributed by atoms with Crippen molar-refractivity contribution in [2.45, 2.75) is 6.92 Å². The third kappa shape index (κ3) is 2.11. The molecule has 0 bridgehead atoms. The van der Waals surface area contributed by atoms with Crippen molar-refractivity contribution in [2.75, 3.05) is 11.1 Å². The van der Waals surface area contributed by atoms with Crippen molar-refractivity contribution in [3.63, 3.8) is 0 Å². The van der Waals surface area contributed by atoms with E-state index in [4.69, 9.17) is 5.73 Å². The zero-order valence-corrected chi connectivity index (χ0v) is 8.87. The van der Waals surface area contributed by atoms with Crippen LogP contribution in [0, 0.1) is 12.7 Å². The lowest BCUT2D eigenvalue weighted by atomic mass is 10.2. The molecule has 2 aromatic rings. The van der Waals surface area contributed by atoms with Gasteiger partial charge in [0.1, 0.15) is 11.6 Å². The fourth-order valence-corrected chi connectivity index (χ4v) is 1.43. The minimum Gasteiger partial charge on any atom is -0.399 e. The number of nitrogens with two attached hydrogens (primary N) is 1. The Bertz CT molecular complexity index is 491. The number of benzene rings is 1. The van der Waals surface area contributed by atoms with E-state index in [9.17, 15) is 4.39 Å². The number of rotatable bonds is 2. The molecule has 0 spiro atoms. The highest BCUT2D eigenvalue weighted by molar-refractivity contribution is 5.63. The van der Waals surface area contributed by atoms with Gasteiger partial charge in [-0.15, -0.1) is 0 Å². The van der Waals surface area contributed by atoms with E-state index in [1.165, 1.54) is 6.07 Å². The second kappa shape index (κ2) is 4.18. The van der Waals surface area contributed by atoms with E-state index >= 15 is 0 Å². The summed E-state index contributed by atoms with van der Waals surface area (Å²) in [6, 6.07) is 8.24. The zero-order valence-electron chi connectivity index (χ0n) is 8.87. The van der Waals surface area contributed by atoms with E-state index in [-0.39, 0.29) is 5.82 Å². The molecule has 0 amide bonds. The summed E-state index contributed by atoms with van der Waals surface area (Å²) in [4.78, 5) is 4.06. The molecule has 16 heavy (non-hydrogen) atoms. The number of anilines is 3. The maximum atomic E-state index is 13.5. The first-order chi connectivity index (χ1) is 7.66. The lowest BCUT2D eigenvalue weighted by molar-refractivity contribution is 0.631. The molecule has 3 nitrogen and oxygen atoms in total. The van der Waals surface area contributed by atoms with Crippen LogP contribution in [0.1, 0.15) is 5.56 Å². The van der Waals surface area contributed by atoms with Crippen molar-refractivity contribution in [3.05, 3.63) is 47.9 Å². The third-order valence-corrected chi connectivity index (χ3v) is 2.26. The molecule has 0 aliphatic rings. The summed E-state index contributed by atoms with van der Waals surface area (Å²) >= 11 is 0. The molecule has 0 saturated heterocycles. The van der Waals surface area contributed by atoms with Crippen molar-refractivity contribution < 1.29 is 4.39 Å². The van der Waals surface area contributed by atoms with Gasteiger partial charge in [-0.2, -0.15) is 0 Å². The van der Waals surface area contributed by atoms with Gasteiger partial charge < -0.3 is 11.1 Å². The minimum absolute atomic E-state index is 0.302. The predicted molar refractivity (Wildman–Crippen MR) is 63.1 cm³/mol. The molecule has 1 aromatic heterocycles. The van der Waals surface area contributed by atoms with Crippen LogP contribution in [-0.2, 0) is 0 Å². The molecule has 0 unspecified atom stereocenters. The molecular formula is C12H12FN3. The summed E-state index contributed by atoms with van der Waals surface area (Å²) in [6.07, 6.45) is 1.58. The van der Waals surface area contributed by atoms with Crippen molar-refractivity contribution in [2.24, 2.45) is 0 Å². The number of nitrogens with one attached hydrogen (secondary N) is 1. The van der Waals surface area contributed by atoms with Gasteiger partial charge >= 0.3 is 0 Å². The van der Waals surface area contributed by atoms with Crippen LogP contribution in [0.4, 0.5) is 21.6 Å². The van der Waals surface area contributed by atoms with E-state index in [1.807, 2.05) is 13.0 Å². The standard InChI is InChI=1S/C12H12FN3/c1-8-3-2-4-10(13)12(8)16-11-7-9(14)5-6-15-11/h2-7H,1H3,(H3,14,15,16). The Balaban J connectivity index is 2.34. The van der Waals surface area contributed by atoms with Crippen molar-refractivity contribution in [1.82, 2.24) is 4.98 Å². The molecule has 0 atom stereocenters. The van der Waals surface area contributed by atoms with Gasteiger partial charge in [0.2, 0.25) is 0 Å². The maximum Gasteiger partial charge on any atom is 0.146 e. The zero-order chi connectivity index (χ0) is 11.5. The Morgan fingerprint density at radius 3 is 2.81 bits per heavy atom. The topological polar surface area (TPSA) is 50.9 Å². The number of halogens is 1. The molecule has 0 aliphatic heterocycles. The number of hydrogen-bond donors (Lipinski definition) is 2. The normalized spacial score (nSPS) is 10.1. The summed E-state index contributed by atoms with van der Waals surface area (Å²) < 4.78 is 13.5. The smallest absolute Gasteiger partial charge is 0.146 e. The fourth-order valence-electron chi connectivity index (χ4n) is 1.43. The lowest BCUT2D eigenvalue weighted by Gasteiger charge is -2.09. The maximum absolute atomic E-state index is 13.5. The van der Waals surface area contributed by atoms with Gasteiger partial charge in [0.25, 0.3) is 0 Å². The number of nitrogen functional groups attached to an aromatic ring is 1. The molecule has 2 rings (SSSR count). The molecule has 82 valence electrons. The van der Waals surface area contributed by atoms with Crippen LogP contribution in [0.3, 0.4) is 0 Å². The predicted octanol–water partition coefficient (Wildman–Crippen LogP) is 2.85. The Hall–Kier alpha value is -2.10. The van der Waals surface area contributed by atoms with Crippen LogP contribution >= 0.6 is 0 Å². The van der Waals surface area contributed by atoms with Gasteiger partial charge in [0.05, 0.1) is 5.69 Å². The molecular weight excluding hydrogens is 205 g/mol. The number of hydrogen-bond acceptors (Lipinski definition) is 3. The van der Waals surface area contributed by atoms with Gasteiger partial charge in [-0.05, 0) is 24.6 Å². The minimum atomic E-state index is -0.302. The van der Waals surface area contributed by atoms with Gasteiger partial charge in [0.15, 0.2) is 0 Å². The number of aryl methyl sites for hydroxylation is 1. The van der Waals surface area contributed by atoms with Gasteiger partial charge in [0, 0.05) is 18.0 Å². The second-order valence-electron chi connectivity index (χ2n) is 3.53. The average Bonchev–Trinajstić information content (AvgIpc) is 2.24. The molecule has 1 aromatic carbocycles. The van der Waals surface area contributed by atoms with Crippen LogP contribution in [0.2, 0.25) is 0 Å². The first-order valence-electron chi connectivity index (χ1n) is 4.90. The molecule has 1 heterocycles. The van der Waals surface area contributed by atoms with E-state index in [2.05, 4.69) is 10.3 Å². The highest BCUT2D eigenvalue weighted by atomic mass is 19.1. The van der Waals surface area contributed by atoms with Crippen LogP contribution in [0.5, 0.6) is 0 Å². The van der Waals surface area contributed by atoms with Gasteiger partial charge in [-0.25, -0.2) is 9.37 Å². The van der Waals surface area contributed by atoms with E-state index in [0.717, 1.165) is 5.56 Å². The van der Waals surface area contributed by atoms with Crippen LogP contribution in [-0.4, -0.2) is 4.98 Å². The van der Waals surface area contributed by atoms with Crippen molar-refractivity contribution >= 4 is 17.2 Å². The Morgan fingerprint density at radius 2 is 2.12 bits per heavy atom. The summed E-state index contributed by atoms with van der Waals surface area (Å²) in [7, 11) is 0. The first-order valence-corrected chi connectivity index (χ1v) is 4.90. The molecule has 3 N–H and O–H groups in total. The Kier molecular flexibility index (Phi) is 2.72. The van der Waals surface area contributed by atoms with Gasteiger partial charge in [-0.3, -0.25) is 0 Å². The molecule has 0 aliphatic carbocycles. The quantitative estimate of drug-likeness (QED) is 0.813. The van der Waals surface area contributed by atoms with Crippen LogP contribution in [0.25, 0.3) is 0 Å². The largest absolute Gasteiger partial charge is 0.399 e. The van der Waals surface area contributed by atoms with Gasteiger partial charge in [-0.1, -0.05) is 12.1 Å². The van der Waals surface area contributed by atoms with Crippen LogP contribution in [0.15, 0.2) is 36.5 Å². The number of nitrogens with zero attached hydrogens (tertiary/aromatic N) is 1.